The lowest BCUT2D eigenvalue weighted by atomic mass is 10.0. The van der Waals surface area contributed by atoms with Crippen molar-refractivity contribution in [3.8, 4) is 0 Å². The summed E-state index contributed by atoms with van der Waals surface area (Å²) in [6.07, 6.45) is 1.32. The lowest BCUT2D eigenvalue weighted by Crippen LogP contribution is -2.55. The van der Waals surface area contributed by atoms with Crippen LogP contribution < -0.4 is 5.73 Å². The maximum absolute atomic E-state index is 6.38. The number of rotatable bonds is 13. The Balaban J connectivity index is 3.27. The summed E-state index contributed by atoms with van der Waals surface area (Å²) in [7, 11) is -1.80. The van der Waals surface area contributed by atoms with E-state index in [4.69, 9.17) is 28.2 Å². The minimum Gasteiger partial charge on any atom is -0.355 e. The summed E-state index contributed by atoms with van der Waals surface area (Å²) in [5, 5.41) is 0. The number of hydrogen-bond acceptors (Lipinski definition) is 6. The summed E-state index contributed by atoms with van der Waals surface area (Å²) >= 11 is 0. The van der Waals surface area contributed by atoms with Gasteiger partial charge < -0.3 is 28.2 Å². The first-order valence-electron chi connectivity index (χ1n) is 8.54. The molecular formula is C17H31NO5Si. The van der Waals surface area contributed by atoms with Crippen molar-refractivity contribution in [1.82, 2.24) is 0 Å². The lowest BCUT2D eigenvalue weighted by Gasteiger charge is -2.39. The smallest absolute Gasteiger partial charge is 0.355 e. The van der Waals surface area contributed by atoms with E-state index in [1.54, 1.807) is 7.11 Å². The summed E-state index contributed by atoms with van der Waals surface area (Å²) in [6.45, 7) is 7.56. The highest BCUT2D eigenvalue weighted by Gasteiger charge is 2.52. The van der Waals surface area contributed by atoms with Crippen LogP contribution in [-0.2, 0) is 28.2 Å². The second-order valence-electron chi connectivity index (χ2n) is 5.12. The Kier molecular flexibility index (Phi) is 9.68. The Bertz CT molecular complexity index is 442. The van der Waals surface area contributed by atoms with Crippen LogP contribution in [0.2, 0.25) is 0 Å². The highest BCUT2D eigenvalue weighted by atomic mass is 28.4. The molecule has 0 bridgehead atoms. The van der Waals surface area contributed by atoms with Gasteiger partial charge in [-0.05, 0) is 33.7 Å². The molecule has 0 aliphatic carbocycles. The van der Waals surface area contributed by atoms with Crippen LogP contribution in [0.5, 0.6) is 0 Å². The molecule has 0 radical (unpaired) electrons. The molecule has 6 nitrogen and oxygen atoms in total. The van der Waals surface area contributed by atoms with Gasteiger partial charge in [0.1, 0.15) is 0 Å². The maximum atomic E-state index is 6.38. The fraction of sp³-hybridized carbons (Fsp3) is 0.647. The van der Waals surface area contributed by atoms with Gasteiger partial charge in [0.05, 0.1) is 0 Å². The monoisotopic (exact) mass is 357 g/mol. The normalized spacial score (nSPS) is 14.5. The third-order valence-electron chi connectivity index (χ3n) is 3.48. The molecule has 1 unspecified atom stereocenters. The average molecular weight is 358 g/mol. The Morgan fingerprint density at radius 3 is 2.08 bits per heavy atom. The third-order valence-corrected chi connectivity index (χ3v) is 5.85. The minimum atomic E-state index is -3.34. The van der Waals surface area contributed by atoms with E-state index in [1.807, 2.05) is 51.1 Å². The third kappa shape index (κ3) is 5.63. The lowest BCUT2D eigenvalue weighted by molar-refractivity contribution is -0.237. The zero-order valence-electron chi connectivity index (χ0n) is 15.2. The van der Waals surface area contributed by atoms with E-state index < -0.39 is 14.8 Å². The largest absolute Gasteiger partial charge is 0.681 e. The van der Waals surface area contributed by atoms with Crippen LogP contribution in [0.1, 0.15) is 39.2 Å². The number of benzene rings is 1. The van der Waals surface area contributed by atoms with Crippen LogP contribution in [0.3, 0.4) is 0 Å². The van der Waals surface area contributed by atoms with E-state index >= 15 is 0 Å². The van der Waals surface area contributed by atoms with Crippen LogP contribution >= 0.6 is 0 Å². The zero-order chi connectivity index (χ0) is 17.9. The van der Waals surface area contributed by atoms with E-state index in [0.717, 1.165) is 12.0 Å². The highest BCUT2D eigenvalue weighted by molar-refractivity contribution is 6.53. The molecule has 138 valence electrons. The van der Waals surface area contributed by atoms with Gasteiger partial charge in [0.25, 0.3) is 0 Å². The number of hydrogen-bond donors (Lipinski definition) is 1. The molecule has 2 N–H and O–H groups in total. The molecule has 0 amide bonds. The van der Waals surface area contributed by atoms with E-state index in [0.29, 0.717) is 32.8 Å². The quantitative estimate of drug-likeness (QED) is 0.432. The highest BCUT2D eigenvalue weighted by Crippen LogP contribution is 2.36. The number of nitrogens with two attached hydrogens (primary N) is 1. The van der Waals surface area contributed by atoms with Crippen molar-refractivity contribution in [3.63, 3.8) is 0 Å². The molecular weight excluding hydrogens is 326 g/mol. The van der Waals surface area contributed by atoms with Gasteiger partial charge in [0, 0.05) is 38.9 Å². The standard InChI is InChI=1S/C17H31NO5Si/c1-5-20-17(14-11-15-18,16-12-9-8-10-13-16)23-24(19-4,21-6-2)22-7-3/h8-10,12-13H,5-7,11,14-15,18H2,1-4H3. The van der Waals surface area contributed by atoms with Gasteiger partial charge in [0.2, 0.25) is 0 Å². The molecule has 0 aliphatic rings. The van der Waals surface area contributed by atoms with Gasteiger partial charge >= 0.3 is 9.05 Å². The first kappa shape index (κ1) is 21.2. The van der Waals surface area contributed by atoms with E-state index in [1.165, 1.54) is 0 Å². The van der Waals surface area contributed by atoms with E-state index in [9.17, 15) is 0 Å². The van der Waals surface area contributed by atoms with E-state index in [2.05, 4.69) is 0 Å². The van der Waals surface area contributed by atoms with Crippen LogP contribution in [0, 0.1) is 0 Å². The molecule has 7 heteroatoms. The molecule has 0 fully saturated rings. The predicted octanol–water partition coefficient (Wildman–Crippen LogP) is 2.79. The van der Waals surface area contributed by atoms with Crippen molar-refractivity contribution in [2.45, 2.75) is 39.4 Å². The first-order chi connectivity index (χ1) is 11.6. The molecule has 1 aromatic rings. The van der Waals surface area contributed by atoms with Crippen molar-refractivity contribution in [2.24, 2.45) is 5.73 Å². The van der Waals surface area contributed by atoms with Gasteiger partial charge in [-0.15, -0.1) is 0 Å². The minimum absolute atomic E-state index is 0.425. The SMILES string of the molecule is CCOC(CCCN)(O[Si](OC)(OCC)OCC)c1ccccc1. The van der Waals surface area contributed by atoms with E-state index in [-0.39, 0.29) is 0 Å². The molecule has 0 aromatic heterocycles. The summed E-state index contributed by atoms with van der Waals surface area (Å²) in [5.74, 6) is -1.01. The maximum Gasteiger partial charge on any atom is 0.681 e. The van der Waals surface area contributed by atoms with Gasteiger partial charge in [-0.25, -0.2) is 0 Å². The Morgan fingerprint density at radius 2 is 1.62 bits per heavy atom. The van der Waals surface area contributed by atoms with Crippen LogP contribution in [0.25, 0.3) is 0 Å². The Hall–Kier alpha value is -0.803. The summed E-state index contributed by atoms with van der Waals surface area (Å²) in [5.41, 5.74) is 6.63. The van der Waals surface area contributed by atoms with Gasteiger partial charge in [-0.1, -0.05) is 30.3 Å². The average Bonchev–Trinajstić information content (AvgIpc) is 2.61. The molecule has 0 aliphatic heterocycles. The zero-order valence-corrected chi connectivity index (χ0v) is 16.2. The molecule has 1 atom stereocenters. The van der Waals surface area contributed by atoms with Crippen LogP contribution in [0.15, 0.2) is 30.3 Å². The summed E-state index contributed by atoms with van der Waals surface area (Å²) in [6, 6.07) is 9.80. The van der Waals surface area contributed by atoms with Crippen LogP contribution in [-0.4, -0.2) is 42.5 Å². The summed E-state index contributed by atoms with van der Waals surface area (Å²) in [4.78, 5) is 0. The van der Waals surface area contributed by atoms with Crippen molar-refractivity contribution < 1.29 is 22.4 Å². The molecule has 0 saturated heterocycles. The fourth-order valence-electron chi connectivity index (χ4n) is 2.51. The van der Waals surface area contributed by atoms with Gasteiger partial charge in [-0.2, -0.15) is 0 Å². The molecule has 0 heterocycles. The number of ether oxygens (including phenoxy) is 1. The molecule has 1 rings (SSSR count). The van der Waals surface area contributed by atoms with Crippen molar-refractivity contribution >= 4 is 9.05 Å². The first-order valence-corrected chi connectivity index (χ1v) is 10.2. The topological polar surface area (TPSA) is 72.2 Å². The van der Waals surface area contributed by atoms with Crippen molar-refractivity contribution in [3.05, 3.63) is 35.9 Å². The van der Waals surface area contributed by atoms with Gasteiger partial charge in [0.15, 0.2) is 5.79 Å². The van der Waals surface area contributed by atoms with Gasteiger partial charge in [-0.3, -0.25) is 0 Å². The molecule has 1 aromatic carbocycles. The molecule has 24 heavy (non-hydrogen) atoms. The Morgan fingerprint density at radius 1 is 1.00 bits per heavy atom. The summed E-state index contributed by atoms with van der Waals surface area (Å²) < 4.78 is 29.6. The van der Waals surface area contributed by atoms with Crippen molar-refractivity contribution in [2.75, 3.05) is 33.5 Å². The van der Waals surface area contributed by atoms with Crippen molar-refractivity contribution in [1.29, 1.82) is 0 Å². The molecule has 0 saturated carbocycles. The predicted molar refractivity (Wildman–Crippen MR) is 95.1 cm³/mol. The Labute approximate surface area is 146 Å². The second kappa shape index (κ2) is 10.9. The second-order valence-corrected chi connectivity index (χ2v) is 7.31. The van der Waals surface area contributed by atoms with Crippen LogP contribution in [0.4, 0.5) is 0 Å². The molecule has 0 spiro atoms. The fourth-order valence-corrected chi connectivity index (χ4v) is 4.42.